The van der Waals surface area contributed by atoms with Gasteiger partial charge in [0.1, 0.15) is 0 Å². The fraction of sp³-hybridized carbons (Fsp3) is 0. The summed E-state index contributed by atoms with van der Waals surface area (Å²) in [5, 5.41) is 48.6. The third-order valence-electron chi connectivity index (χ3n) is 3.60. The van der Waals surface area contributed by atoms with Gasteiger partial charge in [0.05, 0.1) is 0 Å². The van der Waals surface area contributed by atoms with Crippen molar-refractivity contribution in [2.45, 2.75) is 0 Å². The first-order valence-electron chi connectivity index (χ1n) is 6.55. The predicted octanol–water partition coefficient (Wildman–Crippen LogP) is 0.514. The molecule has 1 aromatic heterocycles. The van der Waals surface area contributed by atoms with Crippen LogP contribution in [0, 0.1) is 0 Å². The number of fused-ring (bicyclic) bond motifs is 1. The zero-order valence-corrected chi connectivity index (χ0v) is 18.1. The van der Waals surface area contributed by atoms with Crippen molar-refractivity contribution < 1.29 is 29.9 Å². The Balaban J connectivity index is 2.40. The van der Waals surface area contributed by atoms with Gasteiger partial charge in [-0.25, -0.2) is 0 Å². The molecular weight excluding hydrogens is 429 g/mol. The third kappa shape index (κ3) is 2.56. The Morgan fingerprint density at radius 3 is 2.22 bits per heavy atom. The van der Waals surface area contributed by atoms with Crippen LogP contribution >= 0.6 is 0 Å². The molecule has 0 spiro atoms. The van der Waals surface area contributed by atoms with Crippen LogP contribution in [0.25, 0.3) is 22.3 Å². The molecule has 0 unspecified atom stereocenters. The molecule has 114 valence electrons. The van der Waals surface area contributed by atoms with Crippen molar-refractivity contribution in [1.29, 1.82) is 0 Å². The fourth-order valence-electron chi connectivity index (χ4n) is 2.27. The molecule has 7 nitrogen and oxygen atoms in total. The first-order chi connectivity index (χ1) is 10.8. The fourth-order valence-corrected chi connectivity index (χ4v) is 3.51. The van der Waals surface area contributed by atoms with Crippen LogP contribution in [-0.2, 0) is 0 Å². The molecular formula is C15H10BaO7. The standard InChI is InChI=1S/C15H9O7.Ba.H/c16-7-4-10(19)12-11(5-7)22-15(14(21)13(12)20)6-1-2-8(17)9(18)3-6;;/h1-3,5,16-19,21H;;. The van der Waals surface area contributed by atoms with Gasteiger partial charge >= 0.3 is 162 Å². The summed E-state index contributed by atoms with van der Waals surface area (Å²) in [7, 11) is 0. The van der Waals surface area contributed by atoms with Crippen LogP contribution in [0.2, 0.25) is 0 Å². The van der Waals surface area contributed by atoms with E-state index in [9.17, 15) is 30.3 Å². The van der Waals surface area contributed by atoms with Crippen molar-refractivity contribution in [3.8, 4) is 40.1 Å². The van der Waals surface area contributed by atoms with Gasteiger partial charge in [0.25, 0.3) is 0 Å². The molecule has 2 aromatic carbocycles. The maximum atomic E-state index is 12.3. The van der Waals surface area contributed by atoms with E-state index in [2.05, 4.69) is 0 Å². The Bertz CT molecular complexity index is 1010. The van der Waals surface area contributed by atoms with Crippen LogP contribution in [0.3, 0.4) is 0 Å². The van der Waals surface area contributed by atoms with E-state index in [0.717, 1.165) is 6.07 Å². The number of hydrogen-bond acceptors (Lipinski definition) is 7. The SMILES string of the molecule is O=c1c(O)c(-c2ccc(O)c(O)c2)oc2cc(O)[c]([BaH])c(O)c12. The van der Waals surface area contributed by atoms with Gasteiger partial charge in [-0.2, -0.15) is 0 Å². The van der Waals surface area contributed by atoms with Gasteiger partial charge in [-0.05, 0) is 0 Å². The van der Waals surface area contributed by atoms with Crippen LogP contribution in [0.1, 0.15) is 0 Å². The Kier molecular flexibility index (Phi) is 3.98. The summed E-state index contributed by atoms with van der Waals surface area (Å²) in [6.45, 7) is 0. The van der Waals surface area contributed by atoms with Gasteiger partial charge in [0, 0.05) is 0 Å². The molecule has 0 fully saturated rings. The summed E-state index contributed by atoms with van der Waals surface area (Å²) in [6, 6.07) is 4.83. The molecule has 1 heterocycles. The molecule has 0 saturated carbocycles. The van der Waals surface area contributed by atoms with Gasteiger partial charge in [-0.1, -0.05) is 0 Å². The van der Waals surface area contributed by atoms with E-state index in [1.165, 1.54) is 18.2 Å². The number of phenols is 4. The molecule has 0 radical (unpaired) electrons. The van der Waals surface area contributed by atoms with Crippen LogP contribution in [0.5, 0.6) is 28.7 Å². The quantitative estimate of drug-likeness (QED) is 0.276. The maximum absolute atomic E-state index is 12.3. The minimum atomic E-state index is -0.845. The molecule has 0 amide bonds. The van der Waals surface area contributed by atoms with E-state index >= 15 is 0 Å². The second-order valence-electron chi connectivity index (χ2n) is 5.05. The molecule has 23 heavy (non-hydrogen) atoms. The molecule has 3 rings (SSSR count). The Hall–Kier alpha value is -1.78. The van der Waals surface area contributed by atoms with Crippen molar-refractivity contribution in [3.05, 3.63) is 34.5 Å². The molecule has 0 bridgehead atoms. The first kappa shape index (κ1) is 16.1. The molecule has 8 heteroatoms. The second-order valence-corrected chi connectivity index (χ2v) is 8.19. The van der Waals surface area contributed by atoms with E-state index in [1.807, 2.05) is 0 Å². The topological polar surface area (TPSA) is 131 Å². The predicted molar refractivity (Wildman–Crippen MR) is 83.0 cm³/mol. The summed E-state index contributed by atoms with van der Waals surface area (Å²) in [5.74, 6) is -2.36. The zero-order chi connectivity index (χ0) is 16.9. The summed E-state index contributed by atoms with van der Waals surface area (Å²) in [6.07, 6.45) is 0. The molecule has 0 aliphatic rings. The molecule has 0 aliphatic carbocycles. The Morgan fingerprint density at radius 2 is 1.57 bits per heavy atom. The summed E-state index contributed by atoms with van der Waals surface area (Å²) in [4.78, 5) is 12.3. The molecule has 5 N–H and O–H groups in total. The monoisotopic (exact) mass is 440 g/mol. The van der Waals surface area contributed by atoms with Crippen molar-refractivity contribution >= 4 is 57.5 Å². The number of rotatable bonds is 1. The average Bonchev–Trinajstić information content (AvgIpc) is 2.51. The minimum absolute atomic E-state index is 0.0932. The summed E-state index contributed by atoms with van der Waals surface area (Å²) >= 11 is -0.378. The van der Waals surface area contributed by atoms with E-state index in [-0.39, 0.29) is 86.1 Å². The number of phenolic OH excluding ortho intramolecular Hbond substituents is 4. The van der Waals surface area contributed by atoms with Gasteiger partial charge in [-0.15, -0.1) is 0 Å². The summed E-state index contributed by atoms with van der Waals surface area (Å²) in [5.41, 5.74) is -0.788. The Morgan fingerprint density at radius 1 is 0.870 bits per heavy atom. The molecule has 0 aliphatic heterocycles. The molecule has 0 saturated heterocycles. The van der Waals surface area contributed by atoms with Crippen molar-refractivity contribution in [1.82, 2.24) is 0 Å². The third-order valence-corrected chi connectivity index (χ3v) is 6.69. The molecule has 3 aromatic rings. The summed E-state index contributed by atoms with van der Waals surface area (Å²) < 4.78 is 5.74. The van der Waals surface area contributed by atoms with Crippen molar-refractivity contribution in [2.75, 3.05) is 0 Å². The number of benzene rings is 2. The normalized spacial score (nSPS) is 10.9. The van der Waals surface area contributed by atoms with Gasteiger partial charge < -0.3 is 0 Å². The zero-order valence-electron chi connectivity index (χ0n) is 11.9. The van der Waals surface area contributed by atoms with Gasteiger partial charge in [0.2, 0.25) is 0 Å². The van der Waals surface area contributed by atoms with E-state index in [1.54, 1.807) is 0 Å². The van der Waals surface area contributed by atoms with Crippen molar-refractivity contribution in [2.24, 2.45) is 0 Å². The second kappa shape index (κ2) is 5.69. The van der Waals surface area contributed by atoms with Crippen LogP contribution in [-0.4, -0.2) is 72.1 Å². The Labute approximate surface area is 160 Å². The van der Waals surface area contributed by atoms with Crippen LogP contribution in [0.4, 0.5) is 0 Å². The van der Waals surface area contributed by atoms with E-state index < -0.39 is 16.9 Å². The number of aromatic hydroxyl groups is 5. The van der Waals surface area contributed by atoms with Gasteiger partial charge in [-0.3, -0.25) is 0 Å². The van der Waals surface area contributed by atoms with E-state index in [0.29, 0.717) is 0.0314 Å². The van der Waals surface area contributed by atoms with Crippen LogP contribution in [0.15, 0.2) is 33.5 Å². The molecule has 0 atom stereocenters. The van der Waals surface area contributed by atoms with Gasteiger partial charge in [0.15, 0.2) is 0 Å². The van der Waals surface area contributed by atoms with Crippen molar-refractivity contribution in [3.63, 3.8) is 0 Å². The number of hydrogen-bond donors (Lipinski definition) is 5. The first-order valence-corrected chi connectivity index (χ1v) is 9.69. The van der Waals surface area contributed by atoms with E-state index in [4.69, 9.17) is 4.42 Å². The average molecular weight is 440 g/mol. The van der Waals surface area contributed by atoms with Crippen LogP contribution < -0.4 is 5.46 Å².